The number of fused-ring (bicyclic) bond motifs is 1. The largest absolute Gasteiger partial charge is 0.490 e. The van der Waals surface area contributed by atoms with Gasteiger partial charge in [-0.3, -0.25) is 4.79 Å². The molecule has 1 unspecified atom stereocenters. The van der Waals surface area contributed by atoms with Crippen LogP contribution in [0, 0.1) is 12.8 Å². The quantitative estimate of drug-likeness (QED) is 0.742. The average Bonchev–Trinajstić information content (AvgIpc) is 3.04. The molecule has 4 rings (SSSR count). The van der Waals surface area contributed by atoms with Gasteiger partial charge in [0.1, 0.15) is 0 Å². The van der Waals surface area contributed by atoms with Crippen molar-refractivity contribution in [3.63, 3.8) is 0 Å². The minimum Gasteiger partial charge on any atom is -0.490 e. The Morgan fingerprint density at radius 2 is 1.69 bits per heavy atom. The molecule has 2 aromatic rings. The number of carbonyl (C=O) groups is 1. The molecule has 172 valence electrons. The van der Waals surface area contributed by atoms with Gasteiger partial charge in [-0.1, -0.05) is 29.8 Å². The number of aryl methyl sites for hydroxylation is 1. The number of rotatable bonds is 5. The summed E-state index contributed by atoms with van der Waals surface area (Å²) in [6.07, 6.45) is 1.75. The van der Waals surface area contributed by atoms with E-state index in [2.05, 4.69) is 5.32 Å². The number of ether oxygens (including phenoxy) is 2. The fourth-order valence-electron chi connectivity index (χ4n) is 4.08. The van der Waals surface area contributed by atoms with Gasteiger partial charge in [0.15, 0.2) is 11.5 Å². The van der Waals surface area contributed by atoms with E-state index >= 15 is 0 Å². The minimum absolute atomic E-state index is 0.0225. The first kappa shape index (κ1) is 22.6. The van der Waals surface area contributed by atoms with E-state index in [4.69, 9.17) is 9.47 Å². The van der Waals surface area contributed by atoms with Crippen LogP contribution in [-0.2, 0) is 14.8 Å². The summed E-state index contributed by atoms with van der Waals surface area (Å²) in [5.41, 5.74) is 2.23. The molecule has 2 heterocycles. The third-order valence-electron chi connectivity index (χ3n) is 6.12. The maximum absolute atomic E-state index is 13.2. The molecule has 0 aromatic heterocycles. The van der Waals surface area contributed by atoms with Gasteiger partial charge in [0.2, 0.25) is 15.9 Å². The molecular weight excluding hydrogens is 428 g/mol. The Bertz CT molecular complexity index is 1060. The number of hydrogen-bond acceptors (Lipinski definition) is 5. The number of nitrogens with one attached hydrogen (secondary N) is 1. The van der Waals surface area contributed by atoms with Crippen LogP contribution in [0.4, 0.5) is 0 Å². The first-order valence-corrected chi connectivity index (χ1v) is 12.6. The van der Waals surface area contributed by atoms with Gasteiger partial charge in [0.05, 0.1) is 24.2 Å². The van der Waals surface area contributed by atoms with Crippen LogP contribution in [0.2, 0.25) is 0 Å². The molecule has 1 amide bonds. The highest BCUT2D eigenvalue weighted by Gasteiger charge is 2.33. The van der Waals surface area contributed by atoms with Crippen molar-refractivity contribution in [3.05, 3.63) is 53.6 Å². The van der Waals surface area contributed by atoms with E-state index in [1.54, 1.807) is 12.1 Å². The first-order chi connectivity index (χ1) is 15.3. The summed E-state index contributed by atoms with van der Waals surface area (Å²) in [5, 5.41) is 3.07. The highest BCUT2D eigenvalue weighted by molar-refractivity contribution is 7.89. The molecule has 7 nitrogen and oxygen atoms in total. The third-order valence-corrected chi connectivity index (χ3v) is 8.01. The number of nitrogens with zero attached hydrogens (tertiary/aromatic N) is 1. The number of carbonyl (C=O) groups excluding carboxylic acids is 1. The van der Waals surface area contributed by atoms with Gasteiger partial charge < -0.3 is 14.8 Å². The van der Waals surface area contributed by atoms with Crippen molar-refractivity contribution in [3.8, 4) is 11.5 Å². The second kappa shape index (κ2) is 9.50. The van der Waals surface area contributed by atoms with E-state index in [9.17, 15) is 13.2 Å². The lowest BCUT2D eigenvalue weighted by Crippen LogP contribution is -2.43. The Morgan fingerprint density at radius 1 is 1.03 bits per heavy atom. The van der Waals surface area contributed by atoms with E-state index in [0.29, 0.717) is 50.6 Å². The van der Waals surface area contributed by atoms with E-state index in [1.165, 1.54) is 15.9 Å². The van der Waals surface area contributed by atoms with E-state index in [1.807, 2.05) is 38.1 Å². The molecule has 0 saturated carbocycles. The number of amides is 1. The highest BCUT2D eigenvalue weighted by atomic mass is 32.2. The SMILES string of the molecule is Cc1ccc(C(C)NC(=O)C2CCN(S(=O)(=O)c3ccc4c(c3)OCCCO4)CC2)cc1. The average molecular weight is 459 g/mol. The molecule has 1 saturated heterocycles. The number of piperidine rings is 1. The molecule has 1 atom stereocenters. The van der Waals surface area contributed by atoms with Crippen LogP contribution < -0.4 is 14.8 Å². The lowest BCUT2D eigenvalue weighted by Gasteiger charge is -2.31. The second-order valence-corrected chi connectivity index (χ2v) is 10.4. The monoisotopic (exact) mass is 458 g/mol. The van der Waals surface area contributed by atoms with E-state index in [0.717, 1.165) is 12.0 Å². The van der Waals surface area contributed by atoms with Crippen LogP contribution in [0.15, 0.2) is 47.4 Å². The van der Waals surface area contributed by atoms with Crippen LogP contribution in [0.5, 0.6) is 11.5 Å². The molecule has 32 heavy (non-hydrogen) atoms. The first-order valence-electron chi connectivity index (χ1n) is 11.1. The molecule has 0 radical (unpaired) electrons. The van der Waals surface area contributed by atoms with E-state index < -0.39 is 10.0 Å². The Kier molecular flexibility index (Phi) is 6.71. The number of benzene rings is 2. The summed E-state index contributed by atoms with van der Waals surface area (Å²) in [6, 6.07) is 12.8. The predicted octanol–water partition coefficient (Wildman–Crippen LogP) is 3.43. The molecule has 8 heteroatoms. The third kappa shape index (κ3) is 4.91. The normalized spacial score (nSPS) is 18.6. The van der Waals surface area contributed by atoms with Gasteiger partial charge in [-0.2, -0.15) is 4.31 Å². The molecule has 1 fully saturated rings. The summed E-state index contributed by atoms with van der Waals surface area (Å²) in [5.74, 6) is 0.811. The maximum atomic E-state index is 13.2. The zero-order chi connectivity index (χ0) is 22.7. The molecule has 0 bridgehead atoms. The van der Waals surface area contributed by atoms with Crippen LogP contribution in [-0.4, -0.2) is 44.9 Å². The molecule has 0 spiro atoms. The smallest absolute Gasteiger partial charge is 0.243 e. The molecular formula is C24H30N2O5S. The lowest BCUT2D eigenvalue weighted by molar-refractivity contribution is -0.126. The number of sulfonamides is 1. The van der Waals surface area contributed by atoms with Gasteiger partial charge in [0.25, 0.3) is 0 Å². The Morgan fingerprint density at radius 3 is 2.38 bits per heavy atom. The van der Waals surface area contributed by atoms with Crippen molar-refractivity contribution < 1.29 is 22.7 Å². The fourth-order valence-corrected chi connectivity index (χ4v) is 5.57. The molecule has 2 aromatic carbocycles. The number of hydrogen-bond donors (Lipinski definition) is 1. The summed E-state index contributed by atoms with van der Waals surface area (Å²) < 4.78 is 39.0. The highest BCUT2D eigenvalue weighted by Crippen LogP contribution is 2.34. The van der Waals surface area contributed by atoms with Crippen LogP contribution in [0.3, 0.4) is 0 Å². The van der Waals surface area contributed by atoms with Gasteiger partial charge in [-0.15, -0.1) is 0 Å². The van der Waals surface area contributed by atoms with Crippen LogP contribution >= 0.6 is 0 Å². The van der Waals surface area contributed by atoms with E-state index in [-0.39, 0.29) is 22.8 Å². The van der Waals surface area contributed by atoms with Crippen molar-refractivity contribution >= 4 is 15.9 Å². The van der Waals surface area contributed by atoms with Crippen molar-refractivity contribution in [1.29, 1.82) is 0 Å². The zero-order valence-electron chi connectivity index (χ0n) is 18.5. The van der Waals surface area contributed by atoms with Gasteiger partial charge in [-0.05, 0) is 44.4 Å². The zero-order valence-corrected chi connectivity index (χ0v) is 19.4. The summed E-state index contributed by atoms with van der Waals surface area (Å²) in [4.78, 5) is 13.0. The Labute approximate surface area is 189 Å². The molecule has 0 aliphatic carbocycles. The summed E-state index contributed by atoms with van der Waals surface area (Å²) in [7, 11) is -3.66. The Hall–Kier alpha value is -2.58. The lowest BCUT2D eigenvalue weighted by atomic mass is 9.96. The standard InChI is InChI=1S/C24H30N2O5S/c1-17-4-6-19(7-5-17)18(2)25-24(27)20-10-12-26(13-11-20)32(28,29)21-8-9-22-23(16-21)31-15-3-14-30-22/h4-9,16,18,20H,3,10-15H2,1-2H3,(H,25,27). The van der Waals surface area contributed by atoms with Gasteiger partial charge >= 0.3 is 0 Å². The van der Waals surface area contributed by atoms with Crippen molar-refractivity contribution in [2.75, 3.05) is 26.3 Å². The van der Waals surface area contributed by atoms with Crippen molar-refractivity contribution in [2.45, 2.75) is 44.0 Å². The van der Waals surface area contributed by atoms with Crippen LogP contribution in [0.1, 0.15) is 43.4 Å². The topological polar surface area (TPSA) is 84.9 Å². The molecule has 2 aliphatic heterocycles. The molecule has 2 aliphatic rings. The van der Waals surface area contributed by atoms with Crippen molar-refractivity contribution in [2.24, 2.45) is 5.92 Å². The second-order valence-electron chi connectivity index (χ2n) is 8.48. The predicted molar refractivity (Wildman–Crippen MR) is 121 cm³/mol. The van der Waals surface area contributed by atoms with Crippen molar-refractivity contribution in [1.82, 2.24) is 9.62 Å². The summed E-state index contributed by atoms with van der Waals surface area (Å²) >= 11 is 0. The summed E-state index contributed by atoms with van der Waals surface area (Å²) in [6.45, 7) is 5.67. The Balaban J connectivity index is 1.37. The molecule has 1 N–H and O–H groups in total. The maximum Gasteiger partial charge on any atom is 0.243 e. The van der Waals surface area contributed by atoms with Crippen LogP contribution in [0.25, 0.3) is 0 Å². The minimum atomic E-state index is -3.66. The fraction of sp³-hybridized carbons (Fsp3) is 0.458. The van der Waals surface area contributed by atoms with Gasteiger partial charge in [0, 0.05) is 31.5 Å². The van der Waals surface area contributed by atoms with Gasteiger partial charge in [-0.25, -0.2) is 8.42 Å².